The smallest absolute Gasteiger partial charge is 0.312 e. The van der Waals surface area contributed by atoms with Crippen molar-refractivity contribution in [2.75, 3.05) is 0 Å². The molecule has 2 unspecified atom stereocenters. The molecule has 1 N–H and O–H groups in total. The number of rotatable bonds is 0. The molecule has 1 aliphatic carbocycles. The van der Waals surface area contributed by atoms with Crippen molar-refractivity contribution in [3.05, 3.63) is 35.4 Å². The van der Waals surface area contributed by atoms with Crippen LogP contribution < -0.4 is 5.43 Å². The van der Waals surface area contributed by atoms with Crippen LogP contribution in [0.1, 0.15) is 22.0 Å². The Balaban J connectivity index is 2.08. The summed E-state index contributed by atoms with van der Waals surface area (Å²) >= 11 is 0. The van der Waals surface area contributed by atoms with Crippen LogP contribution in [-0.4, -0.2) is 17.7 Å². The lowest BCUT2D eigenvalue weighted by molar-refractivity contribution is 0.0813. The Morgan fingerprint density at radius 1 is 1.44 bits per heavy atom. The Morgan fingerprint density at radius 2 is 2.25 bits per heavy atom. The number of ether oxygens (including phenoxy) is 1. The van der Waals surface area contributed by atoms with Crippen LogP contribution >= 0.6 is 0 Å². The number of nitrogens with one attached hydrogen (secondary N) is 1. The van der Waals surface area contributed by atoms with E-state index in [0.29, 0.717) is 5.56 Å². The van der Waals surface area contributed by atoms with Gasteiger partial charge >= 0.3 is 5.90 Å². The average molecular weight is 213 g/mol. The van der Waals surface area contributed by atoms with E-state index >= 15 is 0 Å². The van der Waals surface area contributed by atoms with Crippen molar-refractivity contribution in [3.63, 3.8) is 0 Å². The summed E-state index contributed by atoms with van der Waals surface area (Å²) in [5.41, 5.74) is 4.12. The van der Waals surface area contributed by atoms with Crippen molar-refractivity contribution in [1.29, 1.82) is 5.26 Å². The van der Waals surface area contributed by atoms with E-state index in [4.69, 9.17) is 10.00 Å². The molecule has 5 nitrogen and oxygen atoms in total. The molecule has 0 saturated carbocycles. The maximum absolute atomic E-state index is 11.9. The van der Waals surface area contributed by atoms with Gasteiger partial charge in [-0.05, 0) is 0 Å². The molecule has 1 aromatic rings. The van der Waals surface area contributed by atoms with Gasteiger partial charge in [0.2, 0.25) is 0 Å². The zero-order chi connectivity index (χ0) is 11.1. The fraction of sp³-hybridized carbons (Fsp3) is 0.182. The van der Waals surface area contributed by atoms with Crippen LogP contribution in [0.4, 0.5) is 0 Å². The van der Waals surface area contributed by atoms with E-state index < -0.39 is 12.1 Å². The maximum Gasteiger partial charge on any atom is 0.312 e. The van der Waals surface area contributed by atoms with Crippen molar-refractivity contribution in [1.82, 2.24) is 5.43 Å². The SMILES string of the molecule is N#CC1=NNC2C(=O)c3ccccc3C2O1. The third-order valence-electron chi connectivity index (χ3n) is 2.76. The van der Waals surface area contributed by atoms with Crippen LogP contribution in [0.25, 0.3) is 0 Å². The third kappa shape index (κ3) is 1.04. The van der Waals surface area contributed by atoms with Gasteiger partial charge in [-0.25, -0.2) is 0 Å². The number of Topliss-reactive ketones (excluding diaryl/α,β-unsaturated/α-hetero) is 1. The zero-order valence-corrected chi connectivity index (χ0v) is 8.18. The predicted molar refractivity (Wildman–Crippen MR) is 54.6 cm³/mol. The minimum Gasteiger partial charge on any atom is -0.458 e. The van der Waals surface area contributed by atoms with Gasteiger partial charge in [0, 0.05) is 11.1 Å². The molecule has 0 amide bonds. The van der Waals surface area contributed by atoms with Gasteiger partial charge in [0.05, 0.1) is 0 Å². The summed E-state index contributed by atoms with van der Waals surface area (Å²) in [6, 6.07) is 8.55. The number of carbonyl (C=O) groups is 1. The molecular weight excluding hydrogens is 206 g/mol. The summed E-state index contributed by atoms with van der Waals surface area (Å²) in [6.45, 7) is 0. The van der Waals surface area contributed by atoms with Gasteiger partial charge in [0.1, 0.15) is 6.04 Å². The van der Waals surface area contributed by atoms with Gasteiger partial charge < -0.3 is 4.74 Å². The number of ketones is 1. The molecule has 0 saturated heterocycles. The Hall–Kier alpha value is -2.35. The summed E-state index contributed by atoms with van der Waals surface area (Å²) in [6.07, 6.45) is -0.434. The number of benzene rings is 1. The lowest BCUT2D eigenvalue weighted by atomic mass is 10.1. The Bertz CT molecular complexity index is 544. The van der Waals surface area contributed by atoms with E-state index in [1.54, 1.807) is 12.1 Å². The number of hydrogen-bond donors (Lipinski definition) is 1. The monoisotopic (exact) mass is 213 g/mol. The highest BCUT2D eigenvalue weighted by atomic mass is 16.5. The van der Waals surface area contributed by atoms with Crippen LogP contribution in [0.3, 0.4) is 0 Å². The predicted octanol–water partition coefficient (Wildman–Crippen LogP) is 0.749. The number of hydrazone groups is 1. The quantitative estimate of drug-likeness (QED) is 0.690. The second kappa shape index (κ2) is 3.07. The van der Waals surface area contributed by atoms with Crippen molar-refractivity contribution in [3.8, 4) is 6.07 Å². The van der Waals surface area contributed by atoms with Crippen LogP contribution in [0.2, 0.25) is 0 Å². The molecule has 3 rings (SSSR count). The van der Waals surface area contributed by atoms with Gasteiger partial charge in [-0.1, -0.05) is 24.3 Å². The van der Waals surface area contributed by atoms with E-state index in [2.05, 4.69) is 10.5 Å². The largest absolute Gasteiger partial charge is 0.458 e. The van der Waals surface area contributed by atoms with Crippen LogP contribution in [-0.2, 0) is 4.74 Å². The van der Waals surface area contributed by atoms with E-state index in [1.807, 2.05) is 18.2 Å². The van der Waals surface area contributed by atoms with Gasteiger partial charge in [0.25, 0.3) is 0 Å². The first kappa shape index (κ1) is 8.92. The van der Waals surface area contributed by atoms with Crippen molar-refractivity contribution in [2.24, 2.45) is 5.10 Å². The van der Waals surface area contributed by atoms with Gasteiger partial charge in [-0.2, -0.15) is 5.26 Å². The van der Waals surface area contributed by atoms with Crippen molar-refractivity contribution >= 4 is 11.7 Å². The number of fused-ring (bicyclic) bond motifs is 3. The lowest BCUT2D eigenvalue weighted by Gasteiger charge is -2.23. The highest BCUT2D eigenvalue weighted by Crippen LogP contribution is 2.35. The Labute approximate surface area is 91.3 Å². The zero-order valence-electron chi connectivity index (χ0n) is 8.18. The first-order chi connectivity index (χ1) is 7.81. The lowest BCUT2D eigenvalue weighted by Crippen LogP contribution is -2.40. The standard InChI is InChI=1S/C11H7N3O2/c12-5-8-13-14-9-10(15)6-3-1-2-4-7(6)11(9)16-8/h1-4,9,11,14H. The molecule has 78 valence electrons. The molecule has 1 heterocycles. The molecule has 1 aromatic carbocycles. The minimum absolute atomic E-state index is 0.0363. The van der Waals surface area contributed by atoms with Gasteiger partial charge in [-0.3, -0.25) is 10.2 Å². The molecular formula is C11H7N3O2. The van der Waals surface area contributed by atoms with Gasteiger partial charge in [0.15, 0.2) is 18.0 Å². The van der Waals surface area contributed by atoms with Gasteiger partial charge in [-0.15, -0.1) is 5.10 Å². The average Bonchev–Trinajstić information content (AvgIpc) is 2.64. The fourth-order valence-corrected chi connectivity index (χ4v) is 2.04. The van der Waals surface area contributed by atoms with Crippen LogP contribution in [0, 0.1) is 11.3 Å². The number of nitrogens with zero attached hydrogens (tertiary/aromatic N) is 2. The normalized spacial score (nSPS) is 25.7. The minimum atomic E-state index is -0.505. The van der Waals surface area contributed by atoms with Crippen LogP contribution in [0.5, 0.6) is 0 Å². The molecule has 0 aromatic heterocycles. The van der Waals surface area contributed by atoms with E-state index in [1.165, 1.54) is 0 Å². The third-order valence-corrected chi connectivity index (χ3v) is 2.76. The first-order valence-corrected chi connectivity index (χ1v) is 4.84. The van der Waals surface area contributed by atoms with Crippen molar-refractivity contribution in [2.45, 2.75) is 12.1 Å². The Morgan fingerprint density at radius 3 is 3.06 bits per heavy atom. The highest BCUT2D eigenvalue weighted by Gasteiger charge is 2.43. The van der Waals surface area contributed by atoms with Crippen molar-refractivity contribution < 1.29 is 9.53 Å². The second-order valence-corrected chi connectivity index (χ2v) is 3.63. The topological polar surface area (TPSA) is 74.5 Å². The van der Waals surface area contributed by atoms with E-state index in [9.17, 15) is 4.79 Å². The molecule has 0 spiro atoms. The molecule has 2 aliphatic rings. The number of hydrogen-bond acceptors (Lipinski definition) is 5. The summed E-state index contributed by atoms with van der Waals surface area (Å²) < 4.78 is 5.36. The highest BCUT2D eigenvalue weighted by molar-refractivity contribution is 6.06. The second-order valence-electron chi connectivity index (χ2n) is 3.63. The van der Waals surface area contributed by atoms with Crippen LogP contribution in [0.15, 0.2) is 29.4 Å². The molecule has 16 heavy (non-hydrogen) atoms. The summed E-state index contributed by atoms with van der Waals surface area (Å²) in [7, 11) is 0. The fourth-order valence-electron chi connectivity index (χ4n) is 2.04. The number of nitriles is 1. The summed E-state index contributed by atoms with van der Waals surface area (Å²) in [4.78, 5) is 11.9. The molecule has 2 atom stereocenters. The van der Waals surface area contributed by atoms with E-state index in [0.717, 1.165) is 5.56 Å². The molecule has 1 aliphatic heterocycles. The molecule has 0 bridgehead atoms. The first-order valence-electron chi connectivity index (χ1n) is 4.84. The summed E-state index contributed by atoms with van der Waals surface area (Å²) in [5.74, 6) is -0.0768. The molecule has 5 heteroatoms. The molecule has 0 fully saturated rings. The Kier molecular flexibility index (Phi) is 1.71. The maximum atomic E-state index is 11.9. The number of carbonyl (C=O) groups excluding carboxylic acids is 1. The van der Waals surface area contributed by atoms with E-state index in [-0.39, 0.29) is 11.7 Å². The molecule has 0 radical (unpaired) electrons. The summed E-state index contributed by atoms with van der Waals surface area (Å²) in [5, 5.41) is 12.4.